The standard InChI is InChI=1S/C22H29N3O2S/c1-18(20-6-3-2-4-7-20)23-21(26)8-9-22(27)25-12-5-11-24(13-14-25)16-19-10-15-28-17-19/h2-4,6-7,10,15,17-18H,5,8-9,11-14,16H2,1H3,(H,23,26). The minimum atomic E-state index is -0.0707. The van der Waals surface area contributed by atoms with E-state index < -0.39 is 0 Å². The van der Waals surface area contributed by atoms with Crippen LogP contribution >= 0.6 is 11.3 Å². The molecule has 1 aliphatic rings. The number of nitrogens with zero attached hydrogens (tertiary/aromatic N) is 2. The smallest absolute Gasteiger partial charge is 0.223 e. The Kier molecular flexibility index (Phi) is 7.62. The van der Waals surface area contributed by atoms with Gasteiger partial charge in [-0.2, -0.15) is 11.3 Å². The van der Waals surface area contributed by atoms with E-state index in [2.05, 4.69) is 27.0 Å². The Morgan fingerprint density at radius 3 is 2.64 bits per heavy atom. The zero-order chi connectivity index (χ0) is 19.8. The van der Waals surface area contributed by atoms with Crippen molar-refractivity contribution in [2.24, 2.45) is 0 Å². The van der Waals surface area contributed by atoms with Crippen molar-refractivity contribution in [2.45, 2.75) is 38.8 Å². The topological polar surface area (TPSA) is 52.7 Å². The summed E-state index contributed by atoms with van der Waals surface area (Å²) in [6, 6.07) is 12.0. The van der Waals surface area contributed by atoms with Gasteiger partial charge < -0.3 is 10.2 Å². The number of carbonyl (C=O) groups is 2. The Hall–Kier alpha value is -2.18. The maximum Gasteiger partial charge on any atom is 0.223 e. The van der Waals surface area contributed by atoms with Crippen LogP contribution in [-0.2, 0) is 16.1 Å². The molecule has 5 nitrogen and oxygen atoms in total. The fraction of sp³-hybridized carbons (Fsp3) is 0.455. The molecule has 0 spiro atoms. The molecule has 28 heavy (non-hydrogen) atoms. The fourth-order valence-electron chi connectivity index (χ4n) is 3.54. The van der Waals surface area contributed by atoms with Gasteiger partial charge in [-0.1, -0.05) is 30.3 Å². The van der Waals surface area contributed by atoms with Gasteiger partial charge in [0.1, 0.15) is 0 Å². The van der Waals surface area contributed by atoms with Crippen LogP contribution in [0, 0.1) is 0 Å². The number of carbonyl (C=O) groups excluding carboxylic acids is 2. The zero-order valence-electron chi connectivity index (χ0n) is 16.5. The third-order valence-electron chi connectivity index (χ3n) is 5.17. The first-order valence-electron chi connectivity index (χ1n) is 9.97. The predicted octanol–water partition coefficient (Wildman–Crippen LogP) is 3.44. The molecule has 6 heteroatoms. The molecule has 2 aromatic rings. The van der Waals surface area contributed by atoms with E-state index in [1.54, 1.807) is 11.3 Å². The van der Waals surface area contributed by atoms with E-state index in [-0.39, 0.29) is 30.7 Å². The largest absolute Gasteiger partial charge is 0.350 e. The molecule has 1 saturated heterocycles. The molecule has 2 amide bonds. The molecule has 0 bridgehead atoms. The van der Waals surface area contributed by atoms with Crippen LogP contribution in [0.2, 0.25) is 0 Å². The molecule has 3 rings (SSSR count). The number of thiophene rings is 1. The van der Waals surface area contributed by atoms with Gasteiger partial charge in [-0.05, 0) is 41.3 Å². The van der Waals surface area contributed by atoms with E-state index in [4.69, 9.17) is 0 Å². The van der Waals surface area contributed by atoms with Crippen molar-refractivity contribution in [3.63, 3.8) is 0 Å². The van der Waals surface area contributed by atoms with Crippen LogP contribution in [0.1, 0.15) is 43.4 Å². The maximum absolute atomic E-state index is 12.6. The van der Waals surface area contributed by atoms with Crippen molar-refractivity contribution >= 4 is 23.2 Å². The molecule has 1 aliphatic heterocycles. The van der Waals surface area contributed by atoms with E-state index in [0.29, 0.717) is 0 Å². The number of amides is 2. The van der Waals surface area contributed by atoms with Gasteiger partial charge >= 0.3 is 0 Å². The van der Waals surface area contributed by atoms with E-state index in [1.165, 1.54) is 5.56 Å². The van der Waals surface area contributed by atoms with Gasteiger partial charge in [0.05, 0.1) is 6.04 Å². The highest BCUT2D eigenvalue weighted by Crippen LogP contribution is 2.14. The van der Waals surface area contributed by atoms with Crippen molar-refractivity contribution in [3.05, 3.63) is 58.3 Å². The number of benzene rings is 1. The summed E-state index contributed by atoms with van der Waals surface area (Å²) < 4.78 is 0. The normalized spacial score (nSPS) is 16.4. The molecule has 1 aromatic carbocycles. The van der Waals surface area contributed by atoms with Crippen LogP contribution in [0.25, 0.3) is 0 Å². The van der Waals surface area contributed by atoms with Gasteiger partial charge in [-0.3, -0.25) is 14.5 Å². The fourth-order valence-corrected chi connectivity index (χ4v) is 4.20. The third-order valence-corrected chi connectivity index (χ3v) is 5.90. The summed E-state index contributed by atoms with van der Waals surface area (Å²) in [5.41, 5.74) is 2.41. The molecule has 1 N–H and O–H groups in total. The Labute approximate surface area is 171 Å². The highest BCUT2D eigenvalue weighted by Gasteiger charge is 2.20. The Balaban J connectivity index is 1.40. The lowest BCUT2D eigenvalue weighted by Crippen LogP contribution is -2.36. The molecule has 0 aliphatic carbocycles. The predicted molar refractivity (Wildman–Crippen MR) is 113 cm³/mol. The van der Waals surface area contributed by atoms with Crippen LogP contribution < -0.4 is 5.32 Å². The molecular weight excluding hydrogens is 370 g/mol. The summed E-state index contributed by atoms with van der Waals surface area (Å²) in [7, 11) is 0. The second-order valence-electron chi connectivity index (χ2n) is 7.34. The van der Waals surface area contributed by atoms with Crippen molar-refractivity contribution in [3.8, 4) is 0 Å². The quantitative estimate of drug-likeness (QED) is 0.776. The van der Waals surface area contributed by atoms with Crippen molar-refractivity contribution in [1.82, 2.24) is 15.1 Å². The van der Waals surface area contributed by atoms with Gasteiger partial charge in [0, 0.05) is 45.6 Å². The van der Waals surface area contributed by atoms with E-state index >= 15 is 0 Å². The summed E-state index contributed by atoms with van der Waals surface area (Å²) in [5.74, 6) is 0.0125. The van der Waals surface area contributed by atoms with E-state index in [9.17, 15) is 9.59 Å². The lowest BCUT2D eigenvalue weighted by atomic mass is 10.1. The van der Waals surface area contributed by atoms with Gasteiger partial charge in [-0.15, -0.1) is 0 Å². The summed E-state index contributed by atoms with van der Waals surface area (Å²) in [5, 5.41) is 7.27. The molecule has 1 atom stereocenters. The van der Waals surface area contributed by atoms with Gasteiger partial charge in [0.15, 0.2) is 0 Å². The second kappa shape index (κ2) is 10.4. The molecule has 1 aromatic heterocycles. The molecule has 2 heterocycles. The minimum absolute atomic E-state index is 0.0485. The first-order valence-corrected chi connectivity index (χ1v) is 10.9. The van der Waals surface area contributed by atoms with Gasteiger partial charge in [0.2, 0.25) is 11.8 Å². The Bertz CT molecular complexity index is 748. The number of hydrogen-bond donors (Lipinski definition) is 1. The highest BCUT2D eigenvalue weighted by atomic mass is 32.1. The Morgan fingerprint density at radius 1 is 1.07 bits per heavy atom. The summed E-state index contributed by atoms with van der Waals surface area (Å²) in [4.78, 5) is 29.1. The number of rotatable bonds is 7. The minimum Gasteiger partial charge on any atom is -0.350 e. The van der Waals surface area contributed by atoms with Crippen LogP contribution in [0.4, 0.5) is 0 Å². The maximum atomic E-state index is 12.6. The molecule has 0 saturated carbocycles. The summed E-state index contributed by atoms with van der Waals surface area (Å²) in [6.07, 6.45) is 1.50. The molecule has 0 radical (unpaired) electrons. The van der Waals surface area contributed by atoms with Crippen molar-refractivity contribution < 1.29 is 9.59 Å². The third kappa shape index (κ3) is 6.17. The molecule has 1 unspecified atom stereocenters. The van der Waals surface area contributed by atoms with Crippen LogP contribution in [0.3, 0.4) is 0 Å². The van der Waals surface area contributed by atoms with Crippen LogP contribution in [0.5, 0.6) is 0 Å². The van der Waals surface area contributed by atoms with Crippen LogP contribution in [-0.4, -0.2) is 47.8 Å². The van der Waals surface area contributed by atoms with Crippen molar-refractivity contribution in [2.75, 3.05) is 26.2 Å². The van der Waals surface area contributed by atoms with E-state index in [0.717, 1.165) is 44.7 Å². The molecular formula is C22H29N3O2S. The molecule has 1 fully saturated rings. The van der Waals surface area contributed by atoms with Crippen molar-refractivity contribution in [1.29, 1.82) is 0 Å². The monoisotopic (exact) mass is 399 g/mol. The van der Waals surface area contributed by atoms with Gasteiger partial charge in [0.25, 0.3) is 0 Å². The lowest BCUT2D eigenvalue weighted by molar-refractivity contribution is -0.133. The lowest BCUT2D eigenvalue weighted by Gasteiger charge is -2.22. The summed E-state index contributed by atoms with van der Waals surface area (Å²) >= 11 is 1.72. The SMILES string of the molecule is CC(NC(=O)CCC(=O)N1CCCN(Cc2ccsc2)CC1)c1ccccc1. The first kappa shape index (κ1) is 20.6. The number of nitrogens with one attached hydrogen (secondary N) is 1. The van der Waals surface area contributed by atoms with E-state index in [1.807, 2.05) is 42.2 Å². The van der Waals surface area contributed by atoms with Gasteiger partial charge in [-0.25, -0.2) is 0 Å². The first-order chi connectivity index (χ1) is 13.6. The number of hydrogen-bond acceptors (Lipinski definition) is 4. The summed E-state index contributed by atoms with van der Waals surface area (Å²) in [6.45, 7) is 6.33. The second-order valence-corrected chi connectivity index (χ2v) is 8.12. The molecule has 150 valence electrons. The average molecular weight is 400 g/mol. The average Bonchev–Trinajstić information content (AvgIpc) is 3.11. The zero-order valence-corrected chi connectivity index (χ0v) is 17.3. The Morgan fingerprint density at radius 2 is 1.89 bits per heavy atom. The van der Waals surface area contributed by atoms with Crippen LogP contribution in [0.15, 0.2) is 47.2 Å². The highest BCUT2D eigenvalue weighted by molar-refractivity contribution is 7.07.